The molecular weight excluding hydrogens is 246 g/mol. The lowest BCUT2D eigenvalue weighted by Crippen LogP contribution is -2.28. The lowest BCUT2D eigenvalue weighted by Gasteiger charge is -2.15. The molecule has 0 bridgehead atoms. The van der Waals surface area contributed by atoms with Crippen LogP contribution in [0.15, 0.2) is 30.6 Å². The summed E-state index contributed by atoms with van der Waals surface area (Å²) in [6.07, 6.45) is 4.25. The second kappa shape index (κ2) is 5.73. The van der Waals surface area contributed by atoms with Gasteiger partial charge >= 0.3 is 0 Å². The third-order valence-electron chi connectivity index (χ3n) is 2.67. The summed E-state index contributed by atoms with van der Waals surface area (Å²) >= 11 is 1.20. The van der Waals surface area contributed by atoms with Crippen LogP contribution in [0.3, 0.4) is 0 Å². The van der Waals surface area contributed by atoms with E-state index < -0.39 is 0 Å². The van der Waals surface area contributed by atoms with Crippen molar-refractivity contribution in [2.45, 2.75) is 26.3 Å². The monoisotopic (exact) mass is 261 g/mol. The Morgan fingerprint density at radius 3 is 2.83 bits per heavy atom. The highest BCUT2D eigenvalue weighted by atomic mass is 32.1. The largest absolute Gasteiger partial charge is 0.343 e. The zero-order chi connectivity index (χ0) is 13.0. The van der Waals surface area contributed by atoms with Gasteiger partial charge in [0.05, 0.1) is 11.7 Å². The topological polar surface area (TPSA) is 54.9 Å². The molecular formula is C13H15N3OS. The fourth-order valence-corrected chi connectivity index (χ4v) is 2.13. The molecule has 1 N–H and O–H groups in total. The first-order chi connectivity index (χ1) is 8.70. The minimum atomic E-state index is -0.0910. The summed E-state index contributed by atoms with van der Waals surface area (Å²) in [6.45, 7) is 4.02. The highest BCUT2D eigenvalue weighted by Crippen LogP contribution is 2.16. The Balaban J connectivity index is 2.10. The van der Waals surface area contributed by atoms with E-state index in [0.717, 1.165) is 17.7 Å². The lowest BCUT2D eigenvalue weighted by atomic mass is 10.1. The molecule has 2 aromatic heterocycles. The number of aromatic nitrogens is 2. The van der Waals surface area contributed by atoms with E-state index in [4.69, 9.17) is 0 Å². The van der Waals surface area contributed by atoms with Crippen LogP contribution < -0.4 is 5.32 Å². The van der Waals surface area contributed by atoms with Crippen molar-refractivity contribution in [3.05, 3.63) is 46.7 Å². The van der Waals surface area contributed by atoms with Crippen molar-refractivity contribution in [1.82, 2.24) is 14.7 Å². The fourth-order valence-electron chi connectivity index (χ4n) is 1.63. The summed E-state index contributed by atoms with van der Waals surface area (Å²) in [5.74, 6) is -0.0910. The predicted octanol–water partition coefficient (Wildman–Crippen LogP) is 2.73. The van der Waals surface area contributed by atoms with E-state index in [9.17, 15) is 4.79 Å². The summed E-state index contributed by atoms with van der Waals surface area (Å²) in [6, 6.07) is 5.62. The number of amides is 1. The van der Waals surface area contributed by atoms with E-state index in [2.05, 4.69) is 14.7 Å². The van der Waals surface area contributed by atoms with Gasteiger partial charge in [0.1, 0.15) is 4.88 Å². The Kier molecular flexibility index (Phi) is 4.04. The fraction of sp³-hybridized carbons (Fsp3) is 0.308. The third-order valence-corrected chi connectivity index (χ3v) is 3.41. The summed E-state index contributed by atoms with van der Waals surface area (Å²) < 4.78 is 3.93. The quantitative estimate of drug-likeness (QED) is 0.920. The van der Waals surface area contributed by atoms with Crippen LogP contribution in [-0.2, 0) is 0 Å². The number of carbonyl (C=O) groups excluding carboxylic acids is 1. The van der Waals surface area contributed by atoms with Gasteiger partial charge in [0, 0.05) is 12.4 Å². The Morgan fingerprint density at radius 1 is 1.44 bits per heavy atom. The summed E-state index contributed by atoms with van der Waals surface area (Å²) in [7, 11) is 0. The summed E-state index contributed by atoms with van der Waals surface area (Å²) in [5, 5.41) is 2.97. The smallest absolute Gasteiger partial charge is 0.263 e. The molecule has 4 nitrogen and oxygen atoms in total. The van der Waals surface area contributed by atoms with E-state index >= 15 is 0 Å². The molecule has 1 unspecified atom stereocenters. The van der Waals surface area contributed by atoms with E-state index in [-0.39, 0.29) is 11.9 Å². The van der Waals surface area contributed by atoms with Gasteiger partial charge in [0.2, 0.25) is 0 Å². The molecule has 0 saturated heterocycles. The number of pyridine rings is 1. The second-order valence-electron chi connectivity index (χ2n) is 4.07. The van der Waals surface area contributed by atoms with E-state index in [1.807, 2.05) is 32.2 Å². The lowest BCUT2D eigenvalue weighted by molar-refractivity contribution is 0.0939. The Morgan fingerprint density at radius 2 is 2.28 bits per heavy atom. The first-order valence-corrected chi connectivity index (χ1v) is 6.62. The molecule has 1 amide bonds. The van der Waals surface area contributed by atoms with Gasteiger partial charge < -0.3 is 5.32 Å². The molecule has 94 valence electrons. The molecule has 0 fully saturated rings. The van der Waals surface area contributed by atoms with Crippen molar-refractivity contribution >= 4 is 17.4 Å². The van der Waals surface area contributed by atoms with Gasteiger partial charge in [0.25, 0.3) is 5.91 Å². The van der Waals surface area contributed by atoms with Gasteiger partial charge in [-0.15, -0.1) is 0 Å². The minimum absolute atomic E-state index is 0.0554. The van der Waals surface area contributed by atoms with Crippen LogP contribution in [0, 0.1) is 6.92 Å². The number of nitrogens with zero attached hydrogens (tertiary/aromatic N) is 2. The molecule has 2 rings (SSSR count). The maximum Gasteiger partial charge on any atom is 0.263 e. The van der Waals surface area contributed by atoms with Crippen molar-refractivity contribution in [3.63, 3.8) is 0 Å². The molecule has 0 aliphatic rings. The first-order valence-electron chi connectivity index (χ1n) is 5.84. The van der Waals surface area contributed by atoms with E-state index in [0.29, 0.717) is 4.88 Å². The van der Waals surface area contributed by atoms with Crippen LogP contribution in [-0.4, -0.2) is 15.3 Å². The molecule has 0 radical (unpaired) electrons. The maximum atomic E-state index is 11.9. The van der Waals surface area contributed by atoms with Crippen molar-refractivity contribution in [2.75, 3.05) is 0 Å². The highest BCUT2D eigenvalue weighted by Gasteiger charge is 2.15. The summed E-state index contributed by atoms with van der Waals surface area (Å²) in [5.41, 5.74) is 2.00. The number of rotatable bonds is 4. The molecule has 18 heavy (non-hydrogen) atoms. The first kappa shape index (κ1) is 12.7. The standard InChI is InChI=1S/C13H15N3OS/c1-3-10(11-5-4-9(2)8-14-11)16-13(17)12-6-7-15-18-12/h4-8,10H,3H2,1-2H3,(H,16,17). The number of aryl methyl sites for hydroxylation is 1. The van der Waals surface area contributed by atoms with Crippen molar-refractivity contribution < 1.29 is 4.79 Å². The highest BCUT2D eigenvalue weighted by molar-refractivity contribution is 7.08. The second-order valence-corrected chi connectivity index (χ2v) is 4.90. The van der Waals surface area contributed by atoms with Crippen LogP contribution in [0.2, 0.25) is 0 Å². The molecule has 0 spiro atoms. The van der Waals surface area contributed by atoms with Gasteiger partial charge in [-0.25, -0.2) is 4.37 Å². The minimum Gasteiger partial charge on any atom is -0.343 e. The van der Waals surface area contributed by atoms with E-state index in [1.165, 1.54) is 11.5 Å². The zero-order valence-corrected chi connectivity index (χ0v) is 11.2. The average Bonchev–Trinajstić information content (AvgIpc) is 2.91. The molecule has 0 aromatic carbocycles. The molecule has 1 atom stereocenters. The van der Waals surface area contributed by atoms with Gasteiger partial charge in [-0.3, -0.25) is 9.78 Å². The number of carbonyl (C=O) groups is 1. The van der Waals surface area contributed by atoms with Crippen LogP contribution in [0.4, 0.5) is 0 Å². The average molecular weight is 261 g/mol. The molecule has 2 heterocycles. The molecule has 5 heteroatoms. The Hall–Kier alpha value is -1.75. The molecule has 0 saturated carbocycles. The van der Waals surface area contributed by atoms with Crippen LogP contribution in [0.5, 0.6) is 0 Å². The van der Waals surface area contributed by atoms with Crippen LogP contribution in [0.1, 0.15) is 40.3 Å². The molecule has 0 aliphatic heterocycles. The predicted molar refractivity (Wildman–Crippen MR) is 71.6 cm³/mol. The Bertz CT molecular complexity index is 508. The number of nitrogens with one attached hydrogen (secondary N) is 1. The van der Waals surface area contributed by atoms with Gasteiger partial charge in [-0.2, -0.15) is 0 Å². The zero-order valence-electron chi connectivity index (χ0n) is 10.4. The number of hydrogen-bond donors (Lipinski definition) is 1. The molecule has 0 aliphatic carbocycles. The SMILES string of the molecule is CCC(NC(=O)c1ccns1)c1ccc(C)cn1. The van der Waals surface area contributed by atoms with Crippen molar-refractivity contribution in [1.29, 1.82) is 0 Å². The summed E-state index contributed by atoms with van der Waals surface area (Å²) in [4.78, 5) is 16.9. The van der Waals surface area contributed by atoms with Crippen LogP contribution in [0.25, 0.3) is 0 Å². The van der Waals surface area contributed by atoms with E-state index in [1.54, 1.807) is 12.3 Å². The van der Waals surface area contributed by atoms with Gasteiger partial charge in [-0.1, -0.05) is 13.0 Å². The van der Waals surface area contributed by atoms with Crippen molar-refractivity contribution in [2.24, 2.45) is 0 Å². The third kappa shape index (κ3) is 2.92. The van der Waals surface area contributed by atoms with Crippen molar-refractivity contribution in [3.8, 4) is 0 Å². The van der Waals surface area contributed by atoms with Gasteiger partial charge in [0.15, 0.2) is 0 Å². The normalized spacial score (nSPS) is 12.1. The maximum absolute atomic E-state index is 11.9. The van der Waals surface area contributed by atoms with Gasteiger partial charge in [-0.05, 0) is 42.6 Å². The number of hydrogen-bond acceptors (Lipinski definition) is 4. The molecule has 2 aromatic rings. The Labute approximate surface area is 110 Å². The van der Waals surface area contributed by atoms with Crippen LogP contribution >= 0.6 is 11.5 Å².